The van der Waals surface area contributed by atoms with Crippen LogP contribution in [-0.2, 0) is 4.74 Å². The number of amidine groups is 1. The van der Waals surface area contributed by atoms with Gasteiger partial charge in [0.15, 0.2) is 0 Å². The molecule has 1 N–H and O–H groups in total. The van der Waals surface area contributed by atoms with Crippen LogP contribution in [0, 0.1) is 5.41 Å². The van der Waals surface area contributed by atoms with E-state index in [1.807, 2.05) is 0 Å². The minimum atomic E-state index is 0.327. The van der Waals surface area contributed by atoms with Gasteiger partial charge in [0.1, 0.15) is 0 Å². The van der Waals surface area contributed by atoms with Gasteiger partial charge in [-0.05, 0) is 38.5 Å². The monoisotopic (exact) mass is 210 g/mol. The first kappa shape index (κ1) is 10.9. The topological polar surface area (TPSA) is 36.3 Å². The normalized spacial score (nSPS) is 27.7. The summed E-state index contributed by atoms with van der Waals surface area (Å²) in [5.41, 5.74) is 0. The molecule has 2 aliphatic heterocycles. The van der Waals surface area contributed by atoms with E-state index in [0.29, 0.717) is 6.10 Å². The van der Waals surface area contributed by atoms with Crippen molar-refractivity contribution in [3.05, 3.63) is 0 Å². The Morgan fingerprint density at radius 1 is 1.13 bits per heavy atom. The van der Waals surface area contributed by atoms with E-state index in [-0.39, 0.29) is 0 Å². The van der Waals surface area contributed by atoms with Gasteiger partial charge in [0.05, 0.1) is 11.9 Å². The van der Waals surface area contributed by atoms with Crippen LogP contribution in [0.2, 0.25) is 0 Å². The molecule has 0 aromatic rings. The van der Waals surface area contributed by atoms with Crippen molar-refractivity contribution in [1.29, 1.82) is 5.41 Å². The standard InChI is InChI=1S/C12H22N2O/c13-12(14-7-3-1-4-8-14)10-11-6-2-5-9-15-11/h11,13H,1-10H2. The summed E-state index contributed by atoms with van der Waals surface area (Å²) >= 11 is 0. The molecule has 2 saturated heterocycles. The minimum absolute atomic E-state index is 0.327. The van der Waals surface area contributed by atoms with E-state index in [1.165, 1.54) is 32.1 Å². The van der Waals surface area contributed by atoms with Crippen molar-refractivity contribution in [2.75, 3.05) is 19.7 Å². The molecule has 0 bridgehead atoms. The van der Waals surface area contributed by atoms with Crippen molar-refractivity contribution in [2.45, 2.75) is 51.0 Å². The molecule has 2 aliphatic rings. The number of rotatable bonds is 2. The van der Waals surface area contributed by atoms with Gasteiger partial charge in [0, 0.05) is 26.1 Å². The van der Waals surface area contributed by atoms with Crippen LogP contribution in [0.3, 0.4) is 0 Å². The summed E-state index contributed by atoms with van der Waals surface area (Å²) in [4.78, 5) is 2.24. The van der Waals surface area contributed by atoms with E-state index >= 15 is 0 Å². The van der Waals surface area contributed by atoms with Crippen LogP contribution < -0.4 is 0 Å². The summed E-state index contributed by atoms with van der Waals surface area (Å²) in [6.45, 7) is 3.08. The average Bonchev–Trinajstić information content (AvgIpc) is 2.31. The molecule has 0 aliphatic carbocycles. The van der Waals surface area contributed by atoms with Gasteiger partial charge < -0.3 is 9.64 Å². The van der Waals surface area contributed by atoms with Crippen molar-refractivity contribution in [1.82, 2.24) is 4.90 Å². The SMILES string of the molecule is N=C(CC1CCCCO1)N1CCCCC1. The van der Waals surface area contributed by atoms with Gasteiger partial charge in [-0.15, -0.1) is 0 Å². The first-order valence-electron chi connectivity index (χ1n) is 6.30. The fraction of sp³-hybridized carbons (Fsp3) is 0.917. The van der Waals surface area contributed by atoms with Crippen molar-refractivity contribution >= 4 is 5.84 Å². The summed E-state index contributed by atoms with van der Waals surface area (Å²) in [5.74, 6) is 0.807. The fourth-order valence-electron chi connectivity index (χ4n) is 2.48. The smallest absolute Gasteiger partial charge is 0.0983 e. The second kappa shape index (κ2) is 5.50. The zero-order chi connectivity index (χ0) is 10.5. The lowest BCUT2D eigenvalue weighted by Crippen LogP contribution is -2.37. The molecule has 2 fully saturated rings. The molecule has 0 radical (unpaired) electrons. The molecule has 2 rings (SSSR count). The Morgan fingerprint density at radius 2 is 1.93 bits per heavy atom. The van der Waals surface area contributed by atoms with Crippen molar-refractivity contribution in [3.8, 4) is 0 Å². The highest BCUT2D eigenvalue weighted by atomic mass is 16.5. The number of nitrogens with one attached hydrogen (secondary N) is 1. The molecule has 0 saturated carbocycles. The van der Waals surface area contributed by atoms with Gasteiger partial charge in [0.2, 0.25) is 0 Å². The van der Waals surface area contributed by atoms with Crippen LogP contribution in [0.15, 0.2) is 0 Å². The Labute approximate surface area is 92.3 Å². The number of piperidine rings is 1. The van der Waals surface area contributed by atoms with Gasteiger partial charge >= 0.3 is 0 Å². The van der Waals surface area contributed by atoms with Crippen LogP contribution in [0.25, 0.3) is 0 Å². The van der Waals surface area contributed by atoms with Gasteiger partial charge in [-0.1, -0.05) is 0 Å². The summed E-state index contributed by atoms with van der Waals surface area (Å²) < 4.78 is 5.67. The number of ether oxygens (including phenoxy) is 1. The second-order valence-electron chi connectivity index (χ2n) is 4.69. The molecular formula is C12H22N2O. The van der Waals surface area contributed by atoms with Crippen molar-refractivity contribution in [2.24, 2.45) is 0 Å². The molecule has 1 atom stereocenters. The molecule has 1 unspecified atom stereocenters. The van der Waals surface area contributed by atoms with E-state index in [1.54, 1.807) is 0 Å². The molecule has 0 amide bonds. The molecule has 2 heterocycles. The Morgan fingerprint density at radius 3 is 2.60 bits per heavy atom. The van der Waals surface area contributed by atoms with E-state index in [4.69, 9.17) is 10.1 Å². The zero-order valence-electron chi connectivity index (χ0n) is 9.50. The maximum atomic E-state index is 8.07. The fourth-order valence-corrected chi connectivity index (χ4v) is 2.48. The largest absolute Gasteiger partial charge is 0.378 e. The van der Waals surface area contributed by atoms with E-state index in [0.717, 1.165) is 38.4 Å². The van der Waals surface area contributed by atoms with Gasteiger partial charge in [-0.3, -0.25) is 5.41 Å². The Hall–Kier alpha value is -0.570. The first-order chi connectivity index (χ1) is 7.36. The lowest BCUT2D eigenvalue weighted by molar-refractivity contribution is 0.0192. The third kappa shape index (κ3) is 3.20. The van der Waals surface area contributed by atoms with Crippen molar-refractivity contribution in [3.63, 3.8) is 0 Å². The van der Waals surface area contributed by atoms with Crippen LogP contribution in [0.4, 0.5) is 0 Å². The van der Waals surface area contributed by atoms with Gasteiger partial charge in [0.25, 0.3) is 0 Å². The van der Waals surface area contributed by atoms with E-state index in [9.17, 15) is 0 Å². The quantitative estimate of drug-likeness (QED) is 0.561. The summed E-state index contributed by atoms with van der Waals surface area (Å²) in [6.07, 6.45) is 8.64. The second-order valence-corrected chi connectivity index (χ2v) is 4.69. The Kier molecular flexibility index (Phi) is 4.01. The highest BCUT2D eigenvalue weighted by molar-refractivity contribution is 5.79. The summed E-state index contributed by atoms with van der Waals surface area (Å²) in [6, 6.07) is 0. The van der Waals surface area contributed by atoms with Crippen LogP contribution in [0.1, 0.15) is 44.9 Å². The summed E-state index contributed by atoms with van der Waals surface area (Å²) in [7, 11) is 0. The third-order valence-corrected chi connectivity index (χ3v) is 3.43. The summed E-state index contributed by atoms with van der Waals surface area (Å²) in [5, 5.41) is 8.07. The van der Waals surface area contributed by atoms with E-state index in [2.05, 4.69) is 4.90 Å². The maximum absolute atomic E-state index is 8.07. The number of hydrogen-bond acceptors (Lipinski definition) is 2. The zero-order valence-corrected chi connectivity index (χ0v) is 9.50. The first-order valence-corrected chi connectivity index (χ1v) is 6.30. The Bertz CT molecular complexity index is 206. The molecule has 0 aromatic heterocycles. The lowest BCUT2D eigenvalue weighted by atomic mass is 10.0. The van der Waals surface area contributed by atoms with Crippen molar-refractivity contribution < 1.29 is 4.74 Å². The third-order valence-electron chi connectivity index (χ3n) is 3.43. The van der Waals surface area contributed by atoms with E-state index < -0.39 is 0 Å². The van der Waals surface area contributed by atoms with Crippen LogP contribution in [0.5, 0.6) is 0 Å². The van der Waals surface area contributed by atoms with Gasteiger partial charge in [-0.25, -0.2) is 0 Å². The maximum Gasteiger partial charge on any atom is 0.0983 e. The molecule has 15 heavy (non-hydrogen) atoms. The predicted molar refractivity (Wildman–Crippen MR) is 61.4 cm³/mol. The highest BCUT2D eigenvalue weighted by Gasteiger charge is 2.20. The predicted octanol–water partition coefficient (Wildman–Crippen LogP) is 2.41. The molecule has 0 aromatic carbocycles. The molecule has 0 spiro atoms. The molecular weight excluding hydrogens is 188 g/mol. The molecule has 86 valence electrons. The molecule has 3 heteroatoms. The number of nitrogens with zero attached hydrogens (tertiary/aromatic N) is 1. The number of hydrogen-bond donors (Lipinski definition) is 1. The Balaban J connectivity index is 1.74. The highest BCUT2D eigenvalue weighted by Crippen LogP contribution is 2.18. The molecule has 3 nitrogen and oxygen atoms in total. The average molecular weight is 210 g/mol. The number of likely N-dealkylation sites (tertiary alicyclic amines) is 1. The van der Waals surface area contributed by atoms with Gasteiger partial charge in [-0.2, -0.15) is 0 Å². The minimum Gasteiger partial charge on any atom is -0.378 e. The lowest BCUT2D eigenvalue weighted by Gasteiger charge is -2.31. The van der Waals surface area contributed by atoms with Crippen LogP contribution in [-0.4, -0.2) is 36.5 Å². The van der Waals surface area contributed by atoms with Crippen LogP contribution >= 0.6 is 0 Å².